The molecule has 1 aromatic carbocycles. The second-order valence-corrected chi connectivity index (χ2v) is 5.08. The van der Waals surface area contributed by atoms with Crippen molar-refractivity contribution in [1.29, 1.82) is 0 Å². The third-order valence-electron chi connectivity index (χ3n) is 3.15. The monoisotopic (exact) mass is 313 g/mol. The molecule has 0 aliphatic rings. The minimum absolute atomic E-state index is 0.726. The molecular formula is C18H23N3O2. The second-order valence-electron chi connectivity index (χ2n) is 5.08. The fraction of sp³-hybridized carbons (Fsp3) is 0.333. The molecule has 3 rings (SSSR count). The summed E-state index contributed by atoms with van der Waals surface area (Å²) in [7, 11) is 1.64. The van der Waals surface area contributed by atoms with Crippen molar-refractivity contribution >= 4 is 16.7 Å². The van der Waals surface area contributed by atoms with Crippen LogP contribution in [0.3, 0.4) is 0 Å². The van der Waals surface area contributed by atoms with Gasteiger partial charge in [-0.25, -0.2) is 9.66 Å². The molecule has 0 unspecified atom stereocenters. The molecule has 2 heterocycles. The minimum Gasteiger partial charge on any atom is -0.497 e. The van der Waals surface area contributed by atoms with Crippen molar-refractivity contribution in [3.8, 4) is 17.2 Å². The van der Waals surface area contributed by atoms with Gasteiger partial charge in [0.25, 0.3) is 0 Å². The lowest BCUT2D eigenvalue weighted by molar-refractivity contribution is 0.414. The number of hydrogen-bond acceptors (Lipinski definition) is 4. The Morgan fingerprint density at radius 1 is 1.22 bits per heavy atom. The zero-order valence-electron chi connectivity index (χ0n) is 14.5. The van der Waals surface area contributed by atoms with Crippen molar-refractivity contribution in [3.05, 3.63) is 36.3 Å². The standard InChI is InChI=1S/C16H17N3O2.C2H6/c1-10(2)18-19-9-14(17-11(19)3)16-7-12-5-6-13(20-4)8-15(12)21-16;1-2/h5-9H,1-4H3;1-2H3. The molecule has 0 fully saturated rings. The molecule has 0 N–H and O–H groups in total. The summed E-state index contributed by atoms with van der Waals surface area (Å²) in [6.07, 6.45) is 1.87. The van der Waals surface area contributed by atoms with Crippen LogP contribution in [0.4, 0.5) is 0 Å². The molecule has 0 radical (unpaired) electrons. The Labute approximate surface area is 136 Å². The van der Waals surface area contributed by atoms with Crippen LogP contribution in [0.15, 0.2) is 40.0 Å². The maximum atomic E-state index is 5.87. The van der Waals surface area contributed by atoms with Crippen molar-refractivity contribution < 1.29 is 9.15 Å². The first-order valence-electron chi connectivity index (χ1n) is 7.73. The predicted octanol–water partition coefficient (Wildman–Crippen LogP) is 4.88. The molecule has 5 heteroatoms. The topological polar surface area (TPSA) is 52.5 Å². The average Bonchev–Trinajstić information content (AvgIpc) is 3.12. The first kappa shape index (κ1) is 16.8. The smallest absolute Gasteiger partial charge is 0.155 e. The van der Waals surface area contributed by atoms with Gasteiger partial charge >= 0.3 is 0 Å². The highest BCUT2D eigenvalue weighted by Gasteiger charge is 2.12. The summed E-state index contributed by atoms with van der Waals surface area (Å²) >= 11 is 0. The highest BCUT2D eigenvalue weighted by atomic mass is 16.5. The zero-order valence-corrected chi connectivity index (χ0v) is 14.5. The number of fused-ring (bicyclic) bond motifs is 1. The van der Waals surface area contributed by atoms with Gasteiger partial charge in [0.05, 0.1) is 13.3 Å². The van der Waals surface area contributed by atoms with Gasteiger partial charge in [0, 0.05) is 17.2 Å². The molecular weight excluding hydrogens is 290 g/mol. The van der Waals surface area contributed by atoms with Crippen molar-refractivity contribution in [2.45, 2.75) is 34.6 Å². The fourth-order valence-electron chi connectivity index (χ4n) is 2.16. The van der Waals surface area contributed by atoms with Gasteiger partial charge < -0.3 is 9.15 Å². The maximum Gasteiger partial charge on any atom is 0.155 e. The number of rotatable bonds is 3. The largest absolute Gasteiger partial charge is 0.497 e. The summed E-state index contributed by atoms with van der Waals surface area (Å²) in [5.41, 5.74) is 2.52. The Balaban J connectivity index is 0.000000924. The van der Waals surface area contributed by atoms with Crippen LogP contribution in [0, 0.1) is 6.92 Å². The van der Waals surface area contributed by atoms with Crippen molar-refractivity contribution in [2.75, 3.05) is 7.11 Å². The normalized spacial score (nSPS) is 10.2. The summed E-state index contributed by atoms with van der Waals surface area (Å²) < 4.78 is 12.8. The number of imidazole rings is 1. The van der Waals surface area contributed by atoms with Gasteiger partial charge in [0.1, 0.15) is 22.9 Å². The van der Waals surface area contributed by atoms with Crippen LogP contribution in [-0.2, 0) is 0 Å². The van der Waals surface area contributed by atoms with E-state index < -0.39 is 0 Å². The molecule has 0 aliphatic carbocycles. The van der Waals surface area contributed by atoms with E-state index in [4.69, 9.17) is 9.15 Å². The number of hydrogen-bond donors (Lipinski definition) is 0. The molecule has 0 amide bonds. The van der Waals surface area contributed by atoms with Crippen LogP contribution in [0.5, 0.6) is 5.75 Å². The molecule has 3 aromatic rings. The SMILES string of the molecule is CC.COc1ccc2cc(-c3cn(N=C(C)C)c(C)n3)oc2c1. The van der Waals surface area contributed by atoms with Gasteiger partial charge in [-0.1, -0.05) is 13.8 Å². The lowest BCUT2D eigenvalue weighted by atomic mass is 10.2. The van der Waals surface area contributed by atoms with Crippen LogP contribution in [0.25, 0.3) is 22.4 Å². The first-order chi connectivity index (χ1) is 11.1. The number of ether oxygens (including phenoxy) is 1. The third kappa shape index (κ3) is 3.62. The second kappa shape index (κ2) is 7.13. The number of aryl methyl sites for hydroxylation is 1. The maximum absolute atomic E-state index is 5.87. The van der Waals surface area contributed by atoms with Gasteiger partial charge in [-0.3, -0.25) is 0 Å². The number of furan rings is 1. The van der Waals surface area contributed by atoms with Gasteiger partial charge in [-0.2, -0.15) is 5.10 Å². The van der Waals surface area contributed by atoms with E-state index in [-0.39, 0.29) is 0 Å². The fourth-order valence-corrected chi connectivity index (χ4v) is 2.16. The Kier molecular flexibility index (Phi) is 5.21. The third-order valence-corrected chi connectivity index (χ3v) is 3.15. The molecule has 0 saturated carbocycles. The number of nitrogens with zero attached hydrogens (tertiary/aromatic N) is 3. The van der Waals surface area contributed by atoms with Crippen LogP contribution in [0.1, 0.15) is 33.5 Å². The molecule has 2 aromatic heterocycles. The molecule has 0 aliphatic heterocycles. The summed E-state index contributed by atoms with van der Waals surface area (Å²) in [4.78, 5) is 4.50. The molecule has 0 atom stereocenters. The van der Waals surface area contributed by atoms with Gasteiger partial charge in [0.2, 0.25) is 0 Å². The minimum atomic E-state index is 0.726. The van der Waals surface area contributed by atoms with Crippen LogP contribution in [0.2, 0.25) is 0 Å². The Morgan fingerprint density at radius 3 is 2.61 bits per heavy atom. The number of methoxy groups -OCH3 is 1. The highest BCUT2D eigenvalue weighted by molar-refractivity contribution is 5.83. The van der Waals surface area contributed by atoms with E-state index in [1.165, 1.54) is 0 Å². The molecule has 0 bridgehead atoms. The van der Waals surface area contributed by atoms with Gasteiger partial charge in [-0.05, 0) is 39.0 Å². The average molecular weight is 313 g/mol. The Hall–Kier alpha value is -2.56. The zero-order chi connectivity index (χ0) is 17.0. The summed E-state index contributed by atoms with van der Waals surface area (Å²) in [6.45, 7) is 9.82. The lowest BCUT2D eigenvalue weighted by Gasteiger charge is -1.96. The Bertz CT molecular complexity index is 824. The lowest BCUT2D eigenvalue weighted by Crippen LogP contribution is -1.93. The molecule has 23 heavy (non-hydrogen) atoms. The summed E-state index contributed by atoms with van der Waals surface area (Å²) in [5.74, 6) is 2.32. The Morgan fingerprint density at radius 2 is 1.96 bits per heavy atom. The van der Waals surface area contributed by atoms with E-state index in [0.29, 0.717) is 0 Å². The first-order valence-corrected chi connectivity index (χ1v) is 7.73. The number of aromatic nitrogens is 2. The summed E-state index contributed by atoms with van der Waals surface area (Å²) in [6, 6.07) is 7.73. The van der Waals surface area contributed by atoms with E-state index in [0.717, 1.165) is 39.7 Å². The quantitative estimate of drug-likeness (QED) is 0.647. The summed E-state index contributed by atoms with van der Waals surface area (Å²) in [5, 5.41) is 5.42. The molecule has 122 valence electrons. The van der Waals surface area contributed by atoms with Crippen molar-refractivity contribution in [2.24, 2.45) is 5.10 Å². The number of benzene rings is 1. The highest BCUT2D eigenvalue weighted by Crippen LogP contribution is 2.29. The van der Waals surface area contributed by atoms with E-state index in [1.54, 1.807) is 11.8 Å². The van der Waals surface area contributed by atoms with Crippen LogP contribution >= 0.6 is 0 Å². The predicted molar refractivity (Wildman–Crippen MR) is 94.3 cm³/mol. The van der Waals surface area contributed by atoms with E-state index in [2.05, 4.69) is 10.1 Å². The van der Waals surface area contributed by atoms with Gasteiger partial charge in [0.15, 0.2) is 5.76 Å². The molecule has 0 saturated heterocycles. The van der Waals surface area contributed by atoms with Crippen molar-refractivity contribution in [3.63, 3.8) is 0 Å². The van der Waals surface area contributed by atoms with E-state index in [9.17, 15) is 0 Å². The van der Waals surface area contributed by atoms with Crippen molar-refractivity contribution in [1.82, 2.24) is 9.66 Å². The van der Waals surface area contributed by atoms with Crippen LogP contribution in [-0.4, -0.2) is 22.5 Å². The van der Waals surface area contributed by atoms with E-state index >= 15 is 0 Å². The van der Waals surface area contributed by atoms with Gasteiger partial charge in [-0.15, -0.1) is 0 Å². The molecule has 5 nitrogen and oxygen atoms in total. The van der Waals surface area contributed by atoms with E-state index in [1.807, 2.05) is 65.1 Å². The molecule has 0 spiro atoms. The van der Waals surface area contributed by atoms with Crippen LogP contribution < -0.4 is 4.74 Å².